The first kappa shape index (κ1) is 23.2. The van der Waals surface area contributed by atoms with Crippen LogP contribution in [0.15, 0.2) is 12.4 Å². The number of rotatable bonds is 18. The predicted octanol–water partition coefficient (Wildman–Crippen LogP) is 7.23. The van der Waals surface area contributed by atoms with Crippen LogP contribution in [-0.4, -0.2) is 4.57 Å². The average Bonchev–Trinajstić information content (AvgIpc) is 3.02. The first-order valence-corrected chi connectivity index (χ1v) is 11.9. The van der Waals surface area contributed by atoms with Gasteiger partial charge in [-0.15, -0.1) is 0 Å². The van der Waals surface area contributed by atoms with Crippen molar-refractivity contribution in [3.8, 4) is 0 Å². The van der Waals surface area contributed by atoms with Gasteiger partial charge >= 0.3 is 0 Å². The molecule has 2 nitrogen and oxygen atoms in total. The second-order valence-corrected chi connectivity index (χ2v) is 8.09. The molecule has 0 radical (unpaired) electrons. The molecule has 0 amide bonds. The van der Waals surface area contributed by atoms with Gasteiger partial charge < -0.3 is 0 Å². The van der Waals surface area contributed by atoms with Gasteiger partial charge in [-0.3, -0.25) is 0 Å². The van der Waals surface area contributed by atoms with Gasteiger partial charge in [0, 0.05) is 6.42 Å². The maximum absolute atomic E-state index is 2.54. The Hall–Kier alpha value is -0.790. The van der Waals surface area contributed by atoms with Crippen LogP contribution >= 0.6 is 0 Å². The highest BCUT2D eigenvalue weighted by Crippen LogP contribution is 2.10. The fraction of sp³-hybridized carbons (Fsp3) is 0.875. The third-order valence-corrected chi connectivity index (χ3v) is 5.57. The standard InChI is InChI=1S/C24H47N2/c1-4-7-9-11-13-15-17-20-25-22-23-26(24(25)19-6-3)21-18-16-14-12-10-8-5-2/h22-23H,4-21H2,1-3H3/q+1. The summed E-state index contributed by atoms with van der Waals surface area (Å²) in [6, 6.07) is 0. The van der Waals surface area contributed by atoms with Crippen molar-refractivity contribution in [3.63, 3.8) is 0 Å². The normalized spacial score (nSPS) is 11.3. The van der Waals surface area contributed by atoms with Crippen molar-refractivity contribution in [1.29, 1.82) is 0 Å². The van der Waals surface area contributed by atoms with E-state index in [1.54, 1.807) is 5.82 Å². The molecule has 0 N–H and O–H groups in total. The summed E-state index contributed by atoms with van der Waals surface area (Å²) >= 11 is 0. The maximum Gasteiger partial charge on any atom is 0.256 e. The van der Waals surface area contributed by atoms with E-state index >= 15 is 0 Å². The molecule has 0 spiro atoms. The van der Waals surface area contributed by atoms with Crippen molar-refractivity contribution in [3.05, 3.63) is 18.2 Å². The van der Waals surface area contributed by atoms with E-state index in [9.17, 15) is 0 Å². The molecule has 0 aliphatic rings. The second kappa shape index (κ2) is 16.4. The van der Waals surface area contributed by atoms with Gasteiger partial charge in [0.25, 0.3) is 5.82 Å². The molecule has 1 aromatic heterocycles. The molecular weight excluding hydrogens is 316 g/mol. The van der Waals surface area contributed by atoms with E-state index < -0.39 is 0 Å². The van der Waals surface area contributed by atoms with Gasteiger partial charge in [-0.05, 0) is 32.1 Å². The smallest absolute Gasteiger partial charge is 0.234 e. The molecule has 152 valence electrons. The molecule has 1 aromatic rings. The van der Waals surface area contributed by atoms with Gasteiger partial charge in [0.1, 0.15) is 12.4 Å². The van der Waals surface area contributed by atoms with Crippen LogP contribution in [0.5, 0.6) is 0 Å². The summed E-state index contributed by atoms with van der Waals surface area (Å²) in [6.07, 6.45) is 26.7. The summed E-state index contributed by atoms with van der Waals surface area (Å²) < 4.78 is 5.08. The van der Waals surface area contributed by atoms with Crippen molar-refractivity contribution in [2.75, 3.05) is 0 Å². The highest BCUT2D eigenvalue weighted by Gasteiger charge is 2.15. The molecule has 0 aromatic carbocycles. The topological polar surface area (TPSA) is 8.81 Å². The Kier molecular flexibility index (Phi) is 14.7. The van der Waals surface area contributed by atoms with Crippen LogP contribution < -0.4 is 4.57 Å². The van der Waals surface area contributed by atoms with Crippen LogP contribution in [0.25, 0.3) is 0 Å². The van der Waals surface area contributed by atoms with E-state index in [1.165, 1.54) is 116 Å². The molecule has 1 rings (SSSR count). The van der Waals surface area contributed by atoms with Crippen LogP contribution in [-0.2, 0) is 19.5 Å². The Balaban J connectivity index is 2.27. The Morgan fingerprint density at radius 1 is 0.654 bits per heavy atom. The SMILES string of the molecule is CCCCCCCCCn1cc[n+](CCCCCCCCC)c1CCC. The Morgan fingerprint density at radius 2 is 1.19 bits per heavy atom. The van der Waals surface area contributed by atoms with Crippen LogP contribution in [0.1, 0.15) is 123 Å². The van der Waals surface area contributed by atoms with Crippen LogP contribution in [0.3, 0.4) is 0 Å². The Bertz CT molecular complexity index is 386. The van der Waals surface area contributed by atoms with Crippen molar-refractivity contribution in [2.24, 2.45) is 0 Å². The summed E-state index contributed by atoms with van der Waals surface area (Å²) in [5.41, 5.74) is 0. The molecular formula is C24H47N2+. The Morgan fingerprint density at radius 3 is 1.77 bits per heavy atom. The van der Waals surface area contributed by atoms with E-state index in [1.807, 2.05) is 0 Å². The quantitative estimate of drug-likeness (QED) is 0.192. The van der Waals surface area contributed by atoms with Crippen LogP contribution in [0.4, 0.5) is 0 Å². The van der Waals surface area contributed by atoms with Gasteiger partial charge in [-0.25, -0.2) is 9.13 Å². The van der Waals surface area contributed by atoms with Gasteiger partial charge in [0.2, 0.25) is 0 Å². The molecule has 0 bridgehead atoms. The average molecular weight is 364 g/mol. The molecule has 0 atom stereocenters. The molecule has 0 unspecified atom stereocenters. The van der Waals surface area contributed by atoms with Crippen LogP contribution in [0.2, 0.25) is 0 Å². The number of hydrogen-bond donors (Lipinski definition) is 0. The molecule has 0 saturated heterocycles. The number of imidazole rings is 1. The van der Waals surface area contributed by atoms with E-state index in [4.69, 9.17) is 0 Å². The summed E-state index contributed by atoms with van der Waals surface area (Å²) in [5, 5.41) is 0. The summed E-state index contributed by atoms with van der Waals surface area (Å²) in [6.45, 7) is 9.33. The fourth-order valence-corrected chi connectivity index (χ4v) is 3.89. The first-order chi connectivity index (χ1) is 12.8. The second-order valence-electron chi connectivity index (χ2n) is 8.09. The molecule has 0 aliphatic heterocycles. The van der Waals surface area contributed by atoms with Crippen molar-refractivity contribution in [1.82, 2.24) is 4.57 Å². The molecule has 0 aliphatic carbocycles. The van der Waals surface area contributed by atoms with Gasteiger partial charge in [-0.2, -0.15) is 0 Å². The van der Waals surface area contributed by atoms with Crippen molar-refractivity contribution >= 4 is 0 Å². The third kappa shape index (κ3) is 10.4. The fourth-order valence-electron chi connectivity index (χ4n) is 3.89. The molecule has 1 heterocycles. The Labute approximate surface area is 164 Å². The van der Waals surface area contributed by atoms with Gasteiger partial charge in [0.15, 0.2) is 0 Å². The largest absolute Gasteiger partial charge is 0.256 e. The maximum atomic E-state index is 2.54. The third-order valence-electron chi connectivity index (χ3n) is 5.57. The minimum atomic E-state index is 1.22. The molecule has 0 saturated carbocycles. The molecule has 26 heavy (non-hydrogen) atoms. The summed E-state index contributed by atoms with van der Waals surface area (Å²) in [7, 11) is 0. The number of nitrogens with zero attached hydrogens (tertiary/aromatic N) is 2. The lowest BCUT2D eigenvalue weighted by Crippen LogP contribution is -2.37. The summed E-state index contributed by atoms with van der Waals surface area (Å²) in [4.78, 5) is 0. The zero-order valence-corrected chi connectivity index (χ0v) is 18.3. The highest BCUT2D eigenvalue weighted by molar-refractivity contribution is 4.84. The van der Waals surface area contributed by atoms with E-state index in [0.29, 0.717) is 0 Å². The minimum Gasteiger partial charge on any atom is -0.234 e. The lowest BCUT2D eigenvalue weighted by atomic mass is 10.1. The summed E-state index contributed by atoms with van der Waals surface area (Å²) in [5.74, 6) is 1.56. The zero-order chi connectivity index (χ0) is 18.9. The predicted molar refractivity (Wildman–Crippen MR) is 115 cm³/mol. The van der Waals surface area contributed by atoms with Crippen molar-refractivity contribution in [2.45, 2.75) is 137 Å². The lowest BCUT2D eigenvalue weighted by molar-refractivity contribution is -0.704. The van der Waals surface area contributed by atoms with Crippen molar-refractivity contribution < 1.29 is 4.57 Å². The van der Waals surface area contributed by atoms with Crippen LogP contribution in [0, 0.1) is 0 Å². The van der Waals surface area contributed by atoms with E-state index in [-0.39, 0.29) is 0 Å². The highest BCUT2D eigenvalue weighted by atomic mass is 15.1. The number of aryl methyl sites for hydroxylation is 2. The monoisotopic (exact) mass is 363 g/mol. The zero-order valence-electron chi connectivity index (χ0n) is 18.3. The van der Waals surface area contributed by atoms with E-state index in [0.717, 1.165) is 0 Å². The lowest BCUT2D eigenvalue weighted by Gasteiger charge is -2.05. The molecule has 0 fully saturated rings. The number of aromatic nitrogens is 2. The van der Waals surface area contributed by atoms with Gasteiger partial charge in [0.05, 0.1) is 13.1 Å². The minimum absolute atomic E-state index is 1.22. The van der Waals surface area contributed by atoms with Gasteiger partial charge in [-0.1, -0.05) is 85.0 Å². The number of unbranched alkanes of at least 4 members (excludes halogenated alkanes) is 12. The number of hydrogen-bond acceptors (Lipinski definition) is 0. The first-order valence-electron chi connectivity index (χ1n) is 11.9. The molecule has 2 heteroatoms. The van der Waals surface area contributed by atoms with E-state index in [2.05, 4.69) is 42.3 Å².